The third kappa shape index (κ3) is 4.48. The Bertz CT molecular complexity index is 527. The lowest BCUT2D eigenvalue weighted by molar-refractivity contribution is -0.136. The molecule has 0 heterocycles. The van der Waals surface area contributed by atoms with E-state index in [4.69, 9.17) is 5.73 Å². The summed E-state index contributed by atoms with van der Waals surface area (Å²) in [4.78, 5) is 14.9. The summed E-state index contributed by atoms with van der Waals surface area (Å²) in [6, 6.07) is 6.56. The molecule has 24 heavy (non-hydrogen) atoms. The van der Waals surface area contributed by atoms with Gasteiger partial charge in [0.2, 0.25) is 5.91 Å². The standard InChI is InChI=1S/C19H29FN2O.ClH/c1-14(2)17(21)10-13-22(3)18(23)19(11-4-5-12-19)15-6-8-16(20)9-7-15;/h6-9,14,17H,4-5,10-13,21H2,1-3H3;1H. The summed E-state index contributed by atoms with van der Waals surface area (Å²) in [6.07, 6.45) is 4.58. The van der Waals surface area contributed by atoms with Crippen molar-refractivity contribution in [1.29, 1.82) is 0 Å². The van der Waals surface area contributed by atoms with E-state index in [1.807, 2.05) is 11.9 Å². The number of carbonyl (C=O) groups is 1. The van der Waals surface area contributed by atoms with Gasteiger partial charge in [-0.15, -0.1) is 12.4 Å². The molecule has 2 rings (SSSR count). The highest BCUT2D eigenvalue weighted by atomic mass is 35.5. The Morgan fingerprint density at radius 3 is 2.29 bits per heavy atom. The fraction of sp³-hybridized carbons (Fsp3) is 0.632. The first kappa shape index (κ1) is 20.9. The van der Waals surface area contributed by atoms with E-state index in [0.717, 1.165) is 37.7 Å². The Kier molecular flexibility index (Phi) is 7.68. The predicted octanol–water partition coefficient (Wildman–Crippen LogP) is 3.89. The van der Waals surface area contributed by atoms with Crippen molar-refractivity contribution in [2.24, 2.45) is 11.7 Å². The van der Waals surface area contributed by atoms with Crippen LogP contribution in [0.15, 0.2) is 24.3 Å². The minimum absolute atomic E-state index is 0. The van der Waals surface area contributed by atoms with E-state index in [1.165, 1.54) is 12.1 Å². The normalized spacial score (nSPS) is 17.4. The average molecular weight is 357 g/mol. The van der Waals surface area contributed by atoms with Crippen LogP contribution in [0.4, 0.5) is 4.39 Å². The zero-order chi connectivity index (χ0) is 17.0. The van der Waals surface area contributed by atoms with Gasteiger partial charge in [-0.1, -0.05) is 38.8 Å². The van der Waals surface area contributed by atoms with Crippen LogP contribution >= 0.6 is 12.4 Å². The maximum Gasteiger partial charge on any atom is 0.232 e. The van der Waals surface area contributed by atoms with E-state index in [1.54, 1.807) is 12.1 Å². The predicted molar refractivity (Wildman–Crippen MR) is 98.9 cm³/mol. The molecule has 0 aromatic heterocycles. The van der Waals surface area contributed by atoms with E-state index in [9.17, 15) is 9.18 Å². The molecule has 0 spiro atoms. The van der Waals surface area contributed by atoms with Crippen LogP contribution in [0.3, 0.4) is 0 Å². The number of rotatable bonds is 6. The minimum atomic E-state index is -0.482. The molecule has 1 aromatic carbocycles. The highest BCUT2D eigenvalue weighted by molar-refractivity contribution is 5.88. The Morgan fingerprint density at radius 1 is 1.25 bits per heavy atom. The number of likely N-dealkylation sites (N-methyl/N-ethyl adjacent to an activating group) is 1. The monoisotopic (exact) mass is 356 g/mol. The highest BCUT2D eigenvalue weighted by Gasteiger charge is 2.44. The van der Waals surface area contributed by atoms with Gasteiger partial charge in [0.05, 0.1) is 5.41 Å². The van der Waals surface area contributed by atoms with Crippen LogP contribution in [0.25, 0.3) is 0 Å². The topological polar surface area (TPSA) is 46.3 Å². The first-order chi connectivity index (χ1) is 10.9. The summed E-state index contributed by atoms with van der Waals surface area (Å²) in [5, 5.41) is 0. The molecule has 1 aliphatic carbocycles. The summed E-state index contributed by atoms with van der Waals surface area (Å²) in [6.45, 7) is 4.87. The van der Waals surface area contributed by atoms with Crippen LogP contribution in [0.5, 0.6) is 0 Å². The van der Waals surface area contributed by atoms with Gasteiger partial charge in [-0.05, 0) is 42.9 Å². The first-order valence-electron chi connectivity index (χ1n) is 8.64. The summed E-state index contributed by atoms with van der Waals surface area (Å²) < 4.78 is 13.2. The van der Waals surface area contributed by atoms with Crippen LogP contribution in [-0.2, 0) is 10.2 Å². The number of carbonyl (C=O) groups excluding carboxylic acids is 1. The van der Waals surface area contributed by atoms with Crippen LogP contribution in [-0.4, -0.2) is 30.4 Å². The van der Waals surface area contributed by atoms with Crippen molar-refractivity contribution in [3.05, 3.63) is 35.6 Å². The lowest BCUT2D eigenvalue weighted by atomic mass is 9.77. The first-order valence-corrected chi connectivity index (χ1v) is 8.64. The number of nitrogens with two attached hydrogens (primary N) is 1. The van der Waals surface area contributed by atoms with Crippen molar-refractivity contribution in [2.45, 2.75) is 57.4 Å². The largest absolute Gasteiger partial charge is 0.345 e. The maximum atomic E-state index is 13.2. The number of halogens is 2. The Labute approximate surface area is 151 Å². The zero-order valence-corrected chi connectivity index (χ0v) is 15.7. The van der Waals surface area contributed by atoms with Crippen molar-refractivity contribution in [3.63, 3.8) is 0 Å². The molecule has 1 atom stereocenters. The summed E-state index contributed by atoms with van der Waals surface area (Å²) in [5.41, 5.74) is 6.56. The molecule has 1 fully saturated rings. The number of hydrogen-bond acceptors (Lipinski definition) is 2. The van der Waals surface area contributed by atoms with Crippen LogP contribution in [0.1, 0.15) is 51.5 Å². The number of hydrogen-bond donors (Lipinski definition) is 1. The molecule has 0 aliphatic heterocycles. The zero-order valence-electron chi connectivity index (χ0n) is 14.9. The molecule has 5 heteroatoms. The Hall–Kier alpha value is -1.13. The summed E-state index contributed by atoms with van der Waals surface area (Å²) >= 11 is 0. The third-order valence-corrected chi connectivity index (χ3v) is 5.26. The van der Waals surface area contributed by atoms with Crippen LogP contribution < -0.4 is 5.73 Å². The van der Waals surface area contributed by atoms with Gasteiger partial charge in [-0.25, -0.2) is 4.39 Å². The Morgan fingerprint density at radius 2 is 1.79 bits per heavy atom. The van der Waals surface area contributed by atoms with Gasteiger partial charge in [-0.2, -0.15) is 0 Å². The Balaban J connectivity index is 0.00000288. The van der Waals surface area contributed by atoms with Crippen LogP contribution in [0.2, 0.25) is 0 Å². The molecule has 1 amide bonds. The highest BCUT2D eigenvalue weighted by Crippen LogP contribution is 2.42. The molecule has 0 saturated heterocycles. The second-order valence-corrected chi connectivity index (χ2v) is 7.22. The van der Waals surface area contributed by atoms with Gasteiger partial charge >= 0.3 is 0 Å². The molecule has 2 N–H and O–H groups in total. The molecule has 0 bridgehead atoms. The van der Waals surface area contributed by atoms with E-state index < -0.39 is 5.41 Å². The smallest absolute Gasteiger partial charge is 0.232 e. The van der Waals surface area contributed by atoms with Crippen molar-refractivity contribution in [1.82, 2.24) is 4.90 Å². The van der Waals surface area contributed by atoms with Crippen molar-refractivity contribution >= 4 is 18.3 Å². The van der Waals surface area contributed by atoms with E-state index in [2.05, 4.69) is 13.8 Å². The van der Waals surface area contributed by atoms with E-state index in [-0.39, 0.29) is 30.2 Å². The van der Waals surface area contributed by atoms with Gasteiger partial charge in [0, 0.05) is 19.6 Å². The summed E-state index contributed by atoms with van der Waals surface area (Å²) in [7, 11) is 1.86. The van der Waals surface area contributed by atoms with Crippen molar-refractivity contribution in [2.75, 3.05) is 13.6 Å². The van der Waals surface area contributed by atoms with Crippen molar-refractivity contribution in [3.8, 4) is 0 Å². The molecule has 1 saturated carbocycles. The number of amides is 1. The molecule has 1 aliphatic rings. The molecule has 1 unspecified atom stereocenters. The summed E-state index contributed by atoms with van der Waals surface area (Å²) in [5.74, 6) is 0.305. The molecule has 136 valence electrons. The molecule has 1 aromatic rings. The lowest BCUT2D eigenvalue weighted by Crippen LogP contribution is -2.45. The molecule has 3 nitrogen and oxygen atoms in total. The van der Waals surface area contributed by atoms with Gasteiger partial charge in [0.25, 0.3) is 0 Å². The van der Waals surface area contributed by atoms with E-state index >= 15 is 0 Å². The van der Waals surface area contributed by atoms with Gasteiger partial charge in [0.1, 0.15) is 5.82 Å². The fourth-order valence-electron chi connectivity index (χ4n) is 3.52. The number of nitrogens with zero attached hydrogens (tertiary/aromatic N) is 1. The van der Waals surface area contributed by atoms with Gasteiger partial charge < -0.3 is 10.6 Å². The molecule has 0 radical (unpaired) electrons. The maximum absolute atomic E-state index is 13.2. The number of benzene rings is 1. The lowest BCUT2D eigenvalue weighted by Gasteiger charge is -2.33. The van der Waals surface area contributed by atoms with Gasteiger partial charge in [-0.3, -0.25) is 4.79 Å². The minimum Gasteiger partial charge on any atom is -0.345 e. The van der Waals surface area contributed by atoms with E-state index in [0.29, 0.717) is 12.5 Å². The fourth-order valence-corrected chi connectivity index (χ4v) is 3.52. The third-order valence-electron chi connectivity index (χ3n) is 5.26. The SMILES string of the molecule is CC(C)C(N)CCN(C)C(=O)C1(c2ccc(F)cc2)CCCC1.Cl. The van der Waals surface area contributed by atoms with Gasteiger partial charge in [0.15, 0.2) is 0 Å². The molecular weight excluding hydrogens is 327 g/mol. The van der Waals surface area contributed by atoms with Crippen LogP contribution in [0, 0.1) is 11.7 Å². The second kappa shape index (κ2) is 8.82. The van der Waals surface area contributed by atoms with Crippen molar-refractivity contribution < 1.29 is 9.18 Å². The second-order valence-electron chi connectivity index (χ2n) is 7.22. The average Bonchev–Trinajstić information content (AvgIpc) is 3.02. The quantitative estimate of drug-likeness (QED) is 0.840. The molecular formula is C19H30ClFN2O.